The van der Waals surface area contributed by atoms with Crippen molar-refractivity contribution in [3.05, 3.63) is 69.6 Å². The molecule has 2 amide bonds. The number of carbonyl (C=O) groups is 2. The highest BCUT2D eigenvalue weighted by molar-refractivity contribution is 8.15. The lowest BCUT2D eigenvalue weighted by molar-refractivity contribution is -0.117. The monoisotopic (exact) mass is 437 g/mol. The SMILES string of the molecule is C[C@H](SC1=N/C(=C\c2ccc(Cl)c(Cl)c2)C(=O)N1c1ccccc1F)C(N)=O. The molecule has 1 aliphatic heterocycles. The van der Waals surface area contributed by atoms with Gasteiger partial charge in [-0.25, -0.2) is 9.38 Å². The third-order valence-corrected chi connectivity index (χ3v) is 5.66. The van der Waals surface area contributed by atoms with Gasteiger partial charge in [-0.05, 0) is 42.8 Å². The summed E-state index contributed by atoms with van der Waals surface area (Å²) >= 11 is 12.9. The summed E-state index contributed by atoms with van der Waals surface area (Å²) in [6.45, 7) is 1.58. The lowest BCUT2D eigenvalue weighted by Gasteiger charge is -2.19. The van der Waals surface area contributed by atoms with E-state index in [2.05, 4.69) is 4.99 Å². The van der Waals surface area contributed by atoms with Gasteiger partial charge in [0.05, 0.1) is 21.0 Å². The molecule has 0 fully saturated rings. The molecule has 2 N–H and O–H groups in total. The summed E-state index contributed by atoms with van der Waals surface area (Å²) in [5, 5.41) is 0.204. The van der Waals surface area contributed by atoms with Crippen molar-refractivity contribution < 1.29 is 14.0 Å². The smallest absolute Gasteiger partial charge is 0.283 e. The Kier molecular flexibility index (Phi) is 6.07. The molecule has 144 valence electrons. The van der Waals surface area contributed by atoms with Crippen LogP contribution in [-0.4, -0.2) is 22.2 Å². The second kappa shape index (κ2) is 8.34. The van der Waals surface area contributed by atoms with Crippen LogP contribution < -0.4 is 10.6 Å². The van der Waals surface area contributed by atoms with Crippen LogP contribution in [0.15, 0.2) is 53.2 Å². The highest BCUT2D eigenvalue weighted by Gasteiger charge is 2.35. The van der Waals surface area contributed by atoms with Gasteiger partial charge in [-0.1, -0.05) is 53.2 Å². The lowest BCUT2D eigenvalue weighted by Crippen LogP contribution is -2.34. The van der Waals surface area contributed by atoms with Crippen LogP contribution in [0.4, 0.5) is 10.1 Å². The summed E-state index contributed by atoms with van der Waals surface area (Å²) in [5.41, 5.74) is 6.02. The van der Waals surface area contributed by atoms with E-state index in [9.17, 15) is 14.0 Å². The summed E-state index contributed by atoms with van der Waals surface area (Å²) in [6.07, 6.45) is 1.51. The Balaban J connectivity index is 2.05. The number of nitrogens with two attached hydrogens (primary N) is 1. The van der Waals surface area contributed by atoms with E-state index >= 15 is 0 Å². The number of carbonyl (C=O) groups excluding carboxylic acids is 2. The first-order valence-electron chi connectivity index (χ1n) is 8.08. The van der Waals surface area contributed by atoms with Crippen molar-refractivity contribution >= 4 is 63.7 Å². The van der Waals surface area contributed by atoms with E-state index < -0.39 is 22.9 Å². The van der Waals surface area contributed by atoms with E-state index in [-0.39, 0.29) is 16.6 Å². The fourth-order valence-electron chi connectivity index (χ4n) is 2.40. The first-order chi connectivity index (χ1) is 13.3. The van der Waals surface area contributed by atoms with Crippen LogP contribution >= 0.6 is 35.0 Å². The molecule has 0 spiro atoms. The van der Waals surface area contributed by atoms with Crippen LogP contribution in [-0.2, 0) is 9.59 Å². The van der Waals surface area contributed by atoms with E-state index in [1.807, 2.05) is 0 Å². The number of thioether (sulfide) groups is 1. The maximum absolute atomic E-state index is 14.3. The minimum atomic E-state index is -0.662. The molecule has 2 aromatic rings. The molecule has 1 atom stereocenters. The van der Waals surface area contributed by atoms with Gasteiger partial charge in [-0.15, -0.1) is 0 Å². The Labute approximate surface area is 175 Å². The molecule has 0 saturated heterocycles. The number of rotatable bonds is 4. The number of halogens is 3. The minimum Gasteiger partial charge on any atom is -0.369 e. The van der Waals surface area contributed by atoms with Crippen LogP contribution in [0, 0.1) is 5.82 Å². The maximum atomic E-state index is 14.3. The normalized spacial score (nSPS) is 16.4. The van der Waals surface area contributed by atoms with E-state index in [0.717, 1.165) is 16.7 Å². The van der Waals surface area contributed by atoms with Crippen molar-refractivity contribution in [1.82, 2.24) is 0 Å². The van der Waals surface area contributed by atoms with Gasteiger partial charge in [0.1, 0.15) is 11.5 Å². The third kappa shape index (κ3) is 4.22. The predicted octanol–water partition coefficient (Wildman–Crippen LogP) is 4.48. The number of benzene rings is 2. The summed E-state index contributed by atoms with van der Waals surface area (Å²) in [4.78, 5) is 29.8. The molecule has 0 unspecified atom stereocenters. The van der Waals surface area contributed by atoms with Crippen molar-refractivity contribution in [2.75, 3.05) is 4.90 Å². The van der Waals surface area contributed by atoms with Crippen molar-refractivity contribution in [2.24, 2.45) is 10.7 Å². The minimum absolute atomic E-state index is 0.0351. The molecule has 0 saturated carbocycles. The first kappa shape index (κ1) is 20.4. The average Bonchev–Trinajstić information content (AvgIpc) is 2.94. The van der Waals surface area contributed by atoms with Crippen LogP contribution in [0.5, 0.6) is 0 Å². The zero-order valence-electron chi connectivity index (χ0n) is 14.5. The van der Waals surface area contributed by atoms with Gasteiger partial charge in [0.2, 0.25) is 5.91 Å². The van der Waals surface area contributed by atoms with E-state index in [1.54, 1.807) is 31.2 Å². The average molecular weight is 438 g/mol. The van der Waals surface area contributed by atoms with Crippen molar-refractivity contribution in [3.8, 4) is 0 Å². The van der Waals surface area contributed by atoms with Crippen molar-refractivity contribution in [2.45, 2.75) is 12.2 Å². The molecule has 0 radical (unpaired) electrons. The van der Waals surface area contributed by atoms with Crippen molar-refractivity contribution in [1.29, 1.82) is 0 Å². The number of para-hydroxylation sites is 1. The Bertz CT molecular complexity index is 1030. The molecular weight excluding hydrogens is 424 g/mol. The number of primary amides is 1. The van der Waals surface area contributed by atoms with E-state index in [0.29, 0.717) is 15.6 Å². The zero-order valence-corrected chi connectivity index (χ0v) is 16.9. The summed E-state index contributed by atoms with van der Waals surface area (Å²) in [5.74, 6) is -1.70. The van der Waals surface area contributed by atoms with Gasteiger partial charge in [-0.2, -0.15) is 0 Å². The van der Waals surface area contributed by atoms with Gasteiger partial charge in [0.25, 0.3) is 5.91 Å². The fraction of sp³-hybridized carbons (Fsp3) is 0.105. The van der Waals surface area contributed by atoms with Gasteiger partial charge in [-0.3, -0.25) is 14.5 Å². The topological polar surface area (TPSA) is 75.8 Å². The second-order valence-electron chi connectivity index (χ2n) is 5.85. The Morgan fingerprint density at radius 3 is 2.61 bits per heavy atom. The number of hydrogen-bond donors (Lipinski definition) is 1. The Morgan fingerprint density at radius 2 is 1.96 bits per heavy atom. The molecule has 2 aromatic carbocycles. The van der Waals surface area contributed by atoms with Crippen molar-refractivity contribution in [3.63, 3.8) is 0 Å². The molecule has 5 nitrogen and oxygen atoms in total. The molecular formula is C19H14Cl2FN3O2S. The largest absolute Gasteiger partial charge is 0.369 e. The molecule has 9 heteroatoms. The highest BCUT2D eigenvalue weighted by Crippen LogP contribution is 2.33. The summed E-state index contributed by atoms with van der Waals surface area (Å²) in [6, 6.07) is 10.7. The van der Waals surface area contributed by atoms with Gasteiger partial charge in [0.15, 0.2) is 5.17 Å². The van der Waals surface area contributed by atoms with Gasteiger partial charge >= 0.3 is 0 Å². The number of hydrogen-bond acceptors (Lipinski definition) is 4. The summed E-state index contributed by atoms with van der Waals surface area (Å²) < 4.78 is 14.3. The molecule has 0 aliphatic carbocycles. The number of amidine groups is 1. The predicted molar refractivity (Wildman–Crippen MR) is 112 cm³/mol. The third-order valence-electron chi connectivity index (χ3n) is 3.85. The van der Waals surface area contributed by atoms with Gasteiger partial charge in [0, 0.05) is 0 Å². The van der Waals surface area contributed by atoms with Crippen LogP contribution in [0.3, 0.4) is 0 Å². The van der Waals surface area contributed by atoms with E-state index in [4.69, 9.17) is 28.9 Å². The number of amides is 2. The van der Waals surface area contributed by atoms with Gasteiger partial charge < -0.3 is 5.73 Å². The van der Waals surface area contributed by atoms with Crippen LogP contribution in [0.2, 0.25) is 10.0 Å². The fourth-order valence-corrected chi connectivity index (χ4v) is 3.57. The molecule has 0 aromatic heterocycles. The van der Waals surface area contributed by atoms with E-state index in [1.165, 1.54) is 24.3 Å². The first-order valence-corrected chi connectivity index (χ1v) is 9.72. The summed E-state index contributed by atoms with van der Waals surface area (Å²) in [7, 11) is 0. The Morgan fingerprint density at radius 1 is 1.25 bits per heavy atom. The second-order valence-corrected chi connectivity index (χ2v) is 7.97. The quantitative estimate of drug-likeness (QED) is 0.716. The maximum Gasteiger partial charge on any atom is 0.283 e. The molecule has 0 bridgehead atoms. The standard InChI is InChI=1S/C19H14Cl2FN3O2S/c1-10(17(23)26)28-19-24-15(9-11-6-7-12(20)13(21)8-11)18(27)25(19)16-5-3-2-4-14(16)22/h2-10H,1H3,(H2,23,26)/b15-9-/t10-/m0/s1. The number of aliphatic imine (C=N–C) groups is 1. The molecule has 28 heavy (non-hydrogen) atoms. The van der Waals surface area contributed by atoms with Crippen LogP contribution in [0.25, 0.3) is 6.08 Å². The number of nitrogens with zero attached hydrogens (tertiary/aromatic N) is 2. The van der Waals surface area contributed by atoms with Crippen LogP contribution in [0.1, 0.15) is 12.5 Å². The lowest BCUT2D eigenvalue weighted by atomic mass is 10.2. The number of anilines is 1. The highest BCUT2D eigenvalue weighted by atomic mass is 35.5. The molecule has 3 rings (SSSR count). The Hall–Kier alpha value is -2.35. The molecule has 1 heterocycles. The zero-order chi connectivity index (χ0) is 20.4. The molecule has 1 aliphatic rings.